The van der Waals surface area contributed by atoms with Crippen LogP contribution >= 0.6 is 0 Å². The fraction of sp³-hybridized carbons (Fsp3) is 0.825. The number of benzene rings is 1. The SMILES string of the molecule is CCCN(CCC)C(=O)[C@@H](C)CC[C@H]1O[C@H]2C[C@H]3[C@@H]4CC[C@@H]5C[C@@H](OCc6ccccc6)CC[C@]5(C)[C@H]4CC[C@]3(C)[C@H]2[C@@H]1C. The van der Waals surface area contributed by atoms with Crippen LogP contribution in [-0.4, -0.2) is 42.2 Å². The van der Waals surface area contributed by atoms with E-state index in [2.05, 4.69) is 76.8 Å². The maximum atomic E-state index is 13.2. The number of rotatable bonds is 11. The summed E-state index contributed by atoms with van der Waals surface area (Å²) in [7, 11) is 0. The standard InChI is InChI=1S/C40H63NO3/c1-7-22-41(23-8-2)38(42)27(3)14-17-35-28(4)37-36(44-35)25-34-32-16-15-30-24-31(43-26-29-12-10-9-11-13-29)18-20-39(30,5)33(32)19-21-40(34,37)6/h9-13,27-28,30-37H,7-8,14-26H2,1-6H3/t27-,28+,30+,31-,32+,33-,34-,35+,36-,37-,39-,40-/m0/s1. The van der Waals surface area contributed by atoms with Gasteiger partial charge >= 0.3 is 0 Å². The first-order chi connectivity index (χ1) is 21.2. The van der Waals surface area contributed by atoms with Crippen LogP contribution in [0, 0.1) is 52.3 Å². The van der Waals surface area contributed by atoms with Crippen molar-refractivity contribution < 1.29 is 14.3 Å². The van der Waals surface area contributed by atoms with Gasteiger partial charge < -0.3 is 14.4 Å². The van der Waals surface area contributed by atoms with E-state index in [4.69, 9.17) is 9.47 Å². The maximum absolute atomic E-state index is 13.2. The summed E-state index contributed by atoms with van der Waals surface area (Å²) >= 11 is 0. The Labute approximate surface area is 269 Å². The summed E-state index contributed by atoms with van der Waals surface area (Å²) in [4.78, 5) is 15.3. The molecule has 1 saturated heterocycles. The smallest absolute Gasteiger partial charge is 0.225 e. The van der Waals surface area contributed by atoms with Gasteiger partial charge in [-0.3, -0.25) is 4.79 Å². The Balaban J connectivity index is 1.05. The summed E-state index contributed by atoms with van der Waals surface area (Å²) in [5.74, 6) is 5.12. The first kappa shape index (κ1) is 32.5. The highest BCUT2D eigenvalue weighted by Crippen LogP contribution is 2.70. The molecule has 5 aliphatic rings. The van der Waals surface area contributed by atoms with Crippen molar-refractivity contribution >= 4 is 5.91 Å². The highest BCUT2D eigenvalue weighted by molar-refractivity contribution is 5.78. The normalized spacial score (nSPS) is 41.7. The van der Waals surface area contributed by atoms with Crippen LogP contribution in [0.3, 0.4) is 0 Å². The van der Waals surface area contributed by atoms with Crippen molar-refractivity contribution in [2.45, 2.75) is 144 Å². The lowest BCUT2D eigenvalue weighted by Crippen LogP contribution is -2.54. The Hall–Kier alpha value is -1.39. The molecule has 246 valence electrons. The van der Waals surface area contributed by atoms with Crippen LogP contribution in [0.4, 0.5) is 0 Å². The van der Waals surface area contributed by atoms with Crippen LogP contribution in [0.2, 0.25) is 0 Å². The highest BCUT2D eigenvalue weighted by atomic mass is 16.5. The van der Waals surface area contributed by atoms with Crippen molar-refractivity contribution in [2.24, 2.45) is 52.3 Å². The van der Waals surface area contributed by atoms with Gasteiger partial charge in [0.25, 0.3) is 0 Å². The molecular formula is C40H63NO3. The first-order valence-electron chi connectivity index (χ1n) is 18.8. The molecule has 5 fully saturated rings. The Morgan fingerprint density at radius 2 is 1.70 bits per heavy atom. The van der Waals surface area contributed by atoms with Gasteiger partial charge in [-0.05, 0) is 129 Å². The summed E-state index contributed by atoms with van der Waals surface area (Å²) in [6.07, 6.45) is 16.0. The van der Waals surface area contributed by atoms with Crippen molar-refractivity contribution in [3.63, 3.8) is 0 Å². The number of fused-ring (bicyclic) bond motifs is 7. The van der Waals surface area contributed by atoms with Gasteiger partial charge in [0.05, 0.1) is 24.9 Å². The zero-order valence-electron chi connectivity index (χ0n) is 28.9. The molecule has 1 aromatic carbocycles. The zero-order valence-corrected chi connectivity index (χ0v) is 28.9. The predicted octanol–water partition coefficient (Wildman–Crippen LogP) is 9.31. The minimum absolute atomic E-state index is 0.0953. The van der Waals surface area contributed by atoms with E-state index in [1.807, 2.05) is 0 Å². The van der Waals surface area contributed by atoms with Gasteiger partial charge in [0, 0.05) is 19.0 Å². The van der Waals surface area contributed by atoms with E-state index in [1.165, 1.54) is 56.9 Å². The lowest BCUT2D eigenvalue weighted by Gasteiger charge is -2.61. The predicted molar refractivity (Wildman–Crippen MR) is 179 cm³/mol. The Morgan fingerprint density at radius 3 is 2.43 bits per heavy atom. The average Bonchev–Trinajstić information content (AvgIpc) is 3.51. The third-order valence-corrected chi connectivity index (χ3v) is 14.1. The molecule has 0 unspecified atom stereocenters. The fourth-order valence-electron chi connectivity index (χ4n) is 11.9. The highest BCUT2D eigenvalue weighted by Gasteiger charge is 2.65. The van der Waals surface area contributed by atoms with Gasteiger partial charge in [-0.15, -0.1) is 0 Å². The minimum atomic E-state index is 0.0953. The molecule has 1 heterocycles. The molecule has 4 heteroatoms. The summed E-state index contributed by atoms with van der Waals surface area (Å²) < 4.78 is 13.5. The molecule has 0 aromatic heterocycles. The van der Waals surface area contributed by atoms with Crippen LogP contribution < -0.4 is 0 Å². The van der Waals surface area contributed by atoms with Crippen molar-refractivity contribution in [3.8, 4) is 0 Å². The van der Waals surface area contributed by atoms with E-state index in [-0.39, 0.29) is 5.92 Å². The molecule has 1 amide bonds. The van der Waals surface area contributed by atoms with E-state index in [1.54, 1.807) is 0 Å². The molecule has 0 radical (unpaired) electrons. The van der Waals surface area contributed by atoms with Crippen LogP contribution in [0.1, 0.15) is 124 Å². The van der Waals surface area contributed by atoms with Crippen LogP contribution in [0.5, 0.6) is 0 Å². The lowest BCUT2D eigenvalue weighted by atomic mass is 9.44. The quantitative estimate of drug-likeness (QED) is 0.252. The third-order valence-electron chi connectivity index (χ3n) is 14.1. The minimum Gasteiger partial charge on any atom is -0.374 e. The molecule has 6 rings (SSSR count). The molecule has 4 nitrogen and oxygen atoms in total. The molecule has 0 N–H and O–H groups in total. The van der Waals surface area contributed by atoms with E-state index in [9.17, 15) is 4.79 Å². The van der Waals surface area contributed by atoms with Crippen LogP contribution in [0.25, 0.3) is 0 Å². The van der Waals surface area contributed by atoms with Crippen molar-refractivity contribution in [1.82, 2.24) is 4.90 Å². The molecular weight excluding hydrogens is 542 g/mol. The number of amides is 1. The van der Waals surface area contributed by atoms with Gasteiger partial charge in [-0.25, -0.2) is 0 Å². The van der Waals surface area contributed by atoms with Crippen molar-refractivity contribution in [3.05, 3.63) is 35.9 Å². The number of hydrogen-bond donors (Lipinski definition) is 0. The van der Waals surface area contributed by atoms with Crippen molar-refractivity contribution in [1.29, 1.82) is 0 Å². The zero-order chi connectivity index (χ0) is 31.1. The molecule has 1 aromatic rings. The van der Waals surface area contributed by atoms with Crippen LogP contribution in [0.15, 0.2) is 30.3 Å². The maximum Gasteiger partial charge on any atom is 0.225 e. The van der Waals surface area contributed by atoms with E-state index in [0.717, 1.165) is 69.1 Å². The van der Waals surface area contributed by atoms with Crippen molar-refractivity contribution in [2.75, 3.05) is 13.1 Å². The van der Waals surface area contributed by atoms with Crippen LogP contribution in [-0.2, 0) is 20.9 Å². The summed E-state index contributed by atoms with van der Waals surface area (Å²) in [6, 6.07) is 10.7. The second-order valence-electron chi connectivity index (χ2n) is 16.5. The third kappa shape index (κ3) is 5.94. The Kier molecular flexibility index (Phi) is 9.90. The number of ether oxygens (including phenoxy) is 2. The van der Waals surface area contributed by atoms with E-state index in [0.29, 0.717) is 46.9 Å². The van der Waals surface area contributed by atoms with E-state index >= 15 is 0 Å². The second kappa shape index (κ2) is 13.4. The molecule has 0 spiro atoms. The number of carbonyl (C=O) groups is 1. The van der Waals surface area contributed by atoms with E-state index < -0.39 is 0 Å². The van der Waals surface area contributed by atoms with Gasteiger partial charge in [-0.1, -0.05) is 71.9 Å². The topological polar surface area (TPSA) is 38.8 Å². The number of nitrogens with zero attached hydrogens (tertiary/aromatic N) is 1. The number of carbonyl (C=O) groups excluding carboxylic acids is 1. The first-order valence-corrected chi connectivity index (χ1v) is 18.8. The summed E-state index contributed by atoms with van der Waals surface area (Å²) in [5.41, 5.74) is 2.20. The largest absolute Gasteiger partial charge is 0.374 e. The Morgan fingerprint density at radius 1 is 0.977 bits per heavy atom. The lowest BCUT2D eigenvalue weighted by molar-refractivity contribution is -0.139. The van der Waals surface area contributed by atoms with Gasteiger partial charge in [0.15, 0.2) is 0 Å². The molecule has 12 atom stereocenters. The molecule has 44 heavy (non-hydrogen) atoms. The van der Waals surface area contributed by atoms with Gasteiger partial charge in [0.2, 0.25) is 5.91 Å². The molecule has 4 saturated carbocycles. The second-order valence-corrected chi connectivity index (χ2v) is 16.5. The monoisotopic (exact) mass is 605 g/mol. The fourth-order valence-corrected chi connectivity index (χ4v) is 11.9. The van der Waals surface area contributed by atoms with Gasteiger partial charge in [0.1, 0.15) is 0 Å². The average molecular weight is 606 g/mol. The molecule has 4 aliphatic carbocycles. The van der Waals surface area contributed by atoms with Gasteiger partial charge in [-0.2, -0.15) is 0 Å². The molecule has 1 aliphatic heterocycles. The molecule has 0 bridgehead atoms. The number of hydrogen-bond acceptors (Lipinski definition) is 3. The summed E-state index contributed by atoms with van der Waals surface area (Å²) in [6.45, 7) is 16.9. The summed E-state index contributed by atoms with van der Waals surface area (Å²) in [5, 5.41) is 0. The Bertz CT molecular complexity index is 1100.